The Morgan fingerprint density at radius 1 is 1.37 bits per heavy atom. The van der Waals surface area contributed by atoms with Crippen molar-refractivity contribution in [3.8, 4) is 11.3 Å². The Balaban J connectivity index is 2.45. The van der Waals surface area contributed by atoms with Crippen molar-refractivity contribution >= 4 is 0 Å². The van der Waals surface area contributed by atoms with E-state index in [0.29, 0.717) is 22.5 Å². The molecule has 0 fully saturated rings. The Labute approximate surface area is 110 Å². The summed E-state index contributed by atoms with van der Waals surface area (Å²) in [5.41, 5.74) is 2.03. The maximum Gasteiger partial charge on any atom is 0.339 e. The number of hydrogen-bond acceptors (Lipinski definition) is 4. The molecular weight excluding hydrogens is 244 g/mol. The Hall–Kier alpha value is -1.65. The van der Waals surface area contributed by atoms with Gasteiger partial charge in [-0.05, 0) is 49.6 Å². The summed E-state index contributed by atoms with van der Waals surface area (Å²) in [6.45, 7) is 5.24. The van der Waals surface area contributed by atoms with E-state index in [1.165, 1.54) is 0 Å². The van der Waals surface area contributed by atoms with Crippen LogP contribution in [0, 0.1) is 13.8 Å². The van der Waals surface area contributed by atoms with Crippen LogP contribution in [0.15, 0.2) is 21.3 Å². The third kappa shape index (κ3) is 1.64. The highest BCUT2D eigenvalue weighted by atomic mass is 16.4. The van der Waals surface area contributed by atoms with Gasteiger partial charge in [-0.15, -0.1) is 0 Å². The van der Waals surface area contributed by atoms with Crippen molar-refractivity contribution < 1.29 is 14.6 Å². The summed E-state index contributed by atoms with van der Waals surface area (Å²) in [6.07, 6.45) is -0.413. The topological polar surface area (TPSA) is 70.7 Å². The molecule has 0 saturated heterocycles. The molecule has 4 nitrogen and oxygen atoms in total. The van der Waals surface area contributed by atoms with Gasteiger partial charge in [-0.2, -0.15) is 0 Å². The van der Waals surface area contributed by atoms with Crippen LogP contribution in [0.5, 0.6) is 0 Å². The van der Waals surface area contributed by atoms with Gasteiger partial charge in [0, 0.05) is 17.5 Å². The van der Waals surface area contributed by atoms with Crippen LogP contribution in [0.1, 0.15) is 41.7 Å². The summed E-state index contributed by atoms with van der Waals surface area (Å²) in [7, 11) is 0. The summed E-state index contributed by atoms with van der Waals surface area (Å²) >= 11 is 0. The van der Waals surface area contributed by atoms with E-state index in [2.05, 4.69) is 0 Å². The first-order chi connectivity index (χ1) is 8.81. The van der Waals surface area contributed by atoms with Gasteiger partial charge < -0.3 is 14.6 Å². The number of fused-ring (bicyclic) bond motifs is 2. The Bertz CT molecular complexity index is 696. The highest BCUT2D eigenvalue weighted by Gasteiger charge is 2.39. The minimum absolute atomic E-state index is 0.274. The molecule has 19 heavy (non-hydrogen) atoms. The first-order valence-corrected chi connectivity index (χ1v) is 6.30. The van der Waals surface area contributed by atoms with Crippen LogP contribution in [-0.4, -0.2) is 10.2 Å². The fourth-order valence-corrected chi connectivity index (χ4v) is 3.00. The average molecular weight is 260 g/mol. The zero-order valence-corrected chi connectivity index (χ0v) is 11.2. The Kier molecular flexibility index (Phi) is 2.40. The second-order valence-corrected chi connectivity index (χ2v) is 5.59. The molecule has 0 aromatic heterocycles. The lowest BCUT2D eigenvalue weighted by molar-refractivity contribution is 0.0228. The van der Waals surface area contributed by atoms with Gasteiger partial charge in [0.05, 0.1) is 11.7 Å². The molecule has 3 rings (SSSR count). The zero-order chi connectivity index (χ0) is 13.9. The monoisotopic (exact) mass is 260 g/mol. The second-order valence-electron chi connectivity index (χ2n) is 5.59. The van der Waals surface area contributed by atoms with Crippen LogP contribution in [0.3, 0.4) is 0 Å². The van der Waals surface area contributed by atoms with E-state index in [9.17, 15) is 15.0 Å². The van der Waals surface area contributed by atoms with Crippen molar-refractivity contribution in [2.75, 3.05) is 0 Å². The molecule has 3 aliphatic rings. The van der Waals surface area contributed by atoms with Crippen LogP contribution in [0.25, 0.3) is 11.3 Å². The fourth-order valence-electron chi connectivity index (χ4n) is 3.00. The number of rotatable bonds is 0. The van der Waals surface area contributed by atoms with Crippen LogP contribution in [-0.2, 0) is 5.60 Å². The number of furan rings is 1. The molecule has 1 heterocycles. The molecular formula is C15H16O4. The molecule has 4 heteroatoms. The van der Waals surface area contributed by atoms with Crippen LogP contribution < -0.4 is 5.63 Å². The molecule has 2 unspecified atom stereocenters. The lowest BCUT2D eigenvalue weighted by Crippen LogP contribution is -2.16. The van der Waals surface area contributed by atoms with E-state index < -0.39 is 11.7 Å². The number of hydrogen-bond donors (Lipinski definition) is 2. The van der Waals surface area contributed by atoms with Crippen molar-refractivity contribution in [2.45, 2.75) is 38.9 Å². The third-order valence-electron chi connectivity index (χ3n) is 4.03. The number of aliphatic hydroxyl groups excluding tert-OH is 1. The molecule has 1 aliphatic heterocycles. The molecule has 0 saturated carbocycles. The van der Waals surface area contributed by atoms with Crippen molar-refractivity contribution in [3.63, 3.8) is 0 Å². The predicted molar refractivity (Wildman–Crippen MR) is 70.2 cm³/mol. The first-order valence-electron chi connectivity index (χ1n) is 6.30. The molecule has 0 aromatic rings. The van der Waals surface area contributed by atoms with Gasteiger partial charge in [0.15, 0.2) is 0 Å². The minimum atomic E-state index is -1.09. The largest absolute Gasteiger partial charge is 0.422 e. The molecule has 100 valence electrons. The number of aryl methyl sites for hydroxylation is 1. The van der Waals surface area contributed by atoms with Crippen LogP contribution in [0.4, 0.5) is 0 Å². The lowest BCUT2D eigenvalue weighted by Gasteiger charge is -2.16. The summed E-state index contributed by atoms with van der Waals surface area (Å²) in [4.78, 5) is 11.6. The van der Waals surface area contributed by atoms with Crippen molar-refractivity contribution in [3.05, 3.63) is 44.8 Å². The maximum atomic E-state index is 11.6. The summed E-state index contributed by atoms with van der Waals surface area (Å²) in [5.74, 6) is 0.498. The van der Waals surface area contributed by atoms with Crippen LogP contribution in [0.2, 0.25) is 0 Å². The van der Waals surface area contributed by atoms with Crippen molar-refractivity contribution in [1.82, 2.24) is 0 Å². The van der Waals surface area contributed by atoms with Gasteiger partial charge in [-0.25, -0.2) is 4.79 Å². The highest BCUT2D eigenvalue weighted by Crippen LogP contribution is 2.46. The lowest BCUT2D eigenvalue weighted by atomic mass is 9.98. The molecule has 0 bridgehead atoms. The van der Waals surface area contributed by atoms with E-state index in [1.807, 2.05) is 6.92 Å². The minimum Gasteiger partial charge on any atom is -0.422 e. The van der Waals surface area contributed by atoms with Gasteiger partial charge in [-0.1, -0.05) is 0 Å². The van der Waals surface area contributed by atoms with Gasteiger partial charge in [0.1, 0.15) is 5.76 Å². The van der Waals surface area contributed by atoms with Gasteiger partial charge >= 0.3 is 5.63 Å². The van der Waals surface area contributed by atoms with E-state index in [4.69, 9.17) is 4.42 Å². The van der Waals surface area contributed by atoms with Gasteiger partial charge in [0.2, 0.25) is 0 Å². The zero-order valence-electron chi connectivity index (χ0n) is 11.2. The standard InChI is InChI=1S/C15H16O4/c1-7-4-12-9(8(2)14(17)19-12)5-10-13(7)11(16)6-15(10,3)18/h4-5,11,16,18H,6H2,1-3H3. The molecule has 2 atom stereocenters. The smallest absolute Gasteiger partial charge is 0.339 e. The molecule has 2 aliphatic carbocycles. The predicted octanol–water partition coefficient (Wildman–Crippen LogP) is 2.01. The van der Waals surface area contributed by atoms with Gasteiger partial charge in [0.25, 0.3) is 0 Å². The summed E-state index contributed by atoms with van der Waals surface area (Å²) in [5, 5.41) is 20.6. The van der Waals surface area contributed by atoms with Crippen molar-refractivity contribution in [1.29, 1.82) is 0 Å². The summed E-state index contributed by atoms with van der Waals surface area (Å²) in [6, 6.07) is 3.53. The molecule has 0 amide bonds. The first kappa shape index (κ1) is 12.4. The van der Waals surface area contributed by atoms with E-state index in [1.54, 1.807) is 26.0 Å². The van der Waals surface area contributed by atoms with Crippen molar-refractivity contribution in [2.24, 2.45) is 0 Å². The molecule has 0 radical (unpaired) electrons. The number of aliphatic hydroxyl groups is 2. The Morgan fingerprint density at radius 3 is 2.74 bits per heavy atom. The SMILES string of the molecule is Cc1cc2oc(=O)c(C)c-2cc2c1C(O)CC2(C)O. The summed E-state index contributed by atoms with van der Waals surface area (Å²) < 4.78 is 5.20. The molecule has 0 aromatic carbocycles. The normalized spacial score (nSPS) is 25.8. The molecule has 2 N–H and O–H groups in total. The van der Waals surface area contributed by atoms with E-state index >= 15 is 0 Å². The average Bonchev–Trinajstić information content (AvgIpc) is 2.61. The van der Waals surface area contributed by atoms with Gasteiger partial charge in [-0.3, -0.25) is 0 Å². The Morgan fingerprint density at radius 2 is 2.05 bits per heavy atom. The molecule has 0 spiro atoms. The van der Waals surface area contributed by atoms with E-state index in [0.717, 1.165) is 11.1 Å². The fraction of sp³-hybridized carbons (Fsp3) is 0.400. The quantitative estimate of drug-likeness (QED) is 0.760. The highest BCUT2D eigenvalue weighted by molar-refractivity contribution is 5.67. The maximum absolute atomic E-state index is 11.6. The third-order valence-corrected chi connectivity index (χ3v) is 4.03. The second kappa shape index (κ2) is 3.68. The van der Waals surface area contributed by atoms with E-state index in [-0.39, 0.29) is 12.0 Å². The van der Waals surface area contributed by atoms with Crippen LogP contribution >= 0.6 is 0 Å².